The van der Waals surface area contributed by atoms with Crippen LogP contribution >= 0.6 is 0 Å². The molecule has 4 heteroatoms. The van der Waals surface area contributed by atoms with Crippen LogP contribution in [0, 0.1) is 5.92 Å². The lowest BCUT2D eigenvalue weighted by atomic mass is 10.1. The Hall–Kier alpha value is -1.26. The Labute approximate surface area is 102 Å². The number of nitrogens with two attached hydrogens (primary N) is 1. The fourth-order valence-electron chi connectivity index (χ4n) is 2.12. The number of ether oxygens (including phenoxy) is 1. The van der Waals surface area contributed by atoms with Gasteiger partial charge in [0.25, 0.3) is 0 Å². The van der Waals surface area contributed by atoms with Gasteiger partial charge >= 0.3 is 0 Å². The fraction of sp³-hybridized carbons (Fsp3) is 0.538. The number of rotatable bonds is 5. The summed E-state index contributed by atoms with van der Waals surface area (Å²) in [6.07, 6.45) is 1.10. The number of aliphatic hydroxyl groups is 1. The number of aliphatic hydroxyl groups excluding tert-OH is 1. The quantitative estimate of drug-likeness (QED) is 0.748. The molecule has 3 N–H and O–H groups in total. The van der Waals surface area contributed by atoms with Gasteiger partial charge in [-0.1, -0.05) is 0 Å². The van der Waals surface area contributed by atoms with E-state index in [1.807, 2.05) is 24.3 Å². The molecule has 1 aromatic carbocycles. The topological polar surface area (TPSA) is 58.7 Å². The van der Waals surface area contributed by atoms with Crippen LogP contribution in [0.2, 0.25) is 0 Å². The van der Waals surface area contributed by atoms with E-state index in [0.717, 1.165) is 37.5 Å². The summed E-state index contributed by atoms with van der Waals surface area (Å²) in [5, 5.41) is 9.04. The van der Waals surface area contributed by atoms with Gasteiger partial charge in [0.2, 0.25) is 0 Å². The van der Waals surface area contributed by atoms with Crippen LogP contribution in [-0.2, 0) is 0 Å². The van der Waals surface area contributed by atoms with Crippen LogP contribution in [0.5, 0.6) is 5.75 Å². The molecule has 1 heterocycles. The van der Waals surface area contributed by atoms with Gasteiger partial charge in [-0.25, -0.2) is 0 Å². The zero-order valence-electron chi connectivity index (χ0n) is 10.0. The van der Waals surface area contributed by atoms with Crippen LogP contribution in [0.1, 0.15) is 6.42 Å². The van der Waals surface area contributed by atoms with Crippen molar-refractivity contribution in [2.24, 2.45) is 5.92 Å². The van der Waals surface area contributed by atoms with Gasteiger partial charge in [-0.3, -0.25) is 4.90 Å². The van der Waals surface area contributed by atoms with Crippen molar-refractivity contribution in [1.29, 1.82) is 0 Å². The Balaban J connectivity index is 1.68. The number of nitrogens with zero attached hydrogens (tertiary/aromatic N) is 1. The van der Waals surface area contributed by atoms with E-state index in [1.165, 1.54) is 0 Å². The molecule has 0 saturated carbocycles. The Morgan fingerprint density at radius 3 is 2.76 bits per heavy atom. The summed E-state index contributed by atoms with van der Waals surface area (Å²) < 4.78 is 5.63. The first-order valence-corrected chi connectivity index (χ1v) is 6.09. The van der Waals surface area contributed by atoms with Gasteiger partial charge in [0.15, 0.2) is 0 Å². The van der Waals surface area contributed by atoms with Gasteiger partial charge in [-0.15, -0.1) is 0 Å². The Morgan fingerprint density at radius 1 is 1.35 bits per heavy atom. The van der Waals surface area contributed by atoms with Crippen molar-refractivity contribution < 1.29 is 9.84 Å². The highest BCUT2D eigenvalue weighted by molar-refractivity contribution is 5.41. The van der Waals surface area contributed by atoms with Crippen molar-refractivity contribution in [3.8, 4) is 5.75 Å². The molecule has 17 heavy (non-hydrogen) atoms. The molecule has 4 nitrogen and oxygen atoms in total. The SMILES string of the molecule is Nc1ccc(OCCN2CCC(CO)C2)cc1. The highest BCUT2D eigenvalue weighted by Crippen LogP contribution is 2.16. The molecular formula is C13H20N2O2. The summed E-state index contributed by atoms with van der Waals surface area (Å²) in [7, 11) is 0. The van der Waals surface area contributed by atoms with Gasteiger partial charge in [-0.05, 0) is 43.1 Å². The van der Waals surface area contributed by atoms with E-state index in [0.29, 0.717) is 19.1 Å². The van der Waals surface area contributed by atoms with Crippen molar-refractivity contribution in [1.82, 2.24) is 4.90 Å². The minimum Gasteiger partial charge on any atom is -0.492 e. The third-order valence-electron chi connectivity index (χ3n) is 3.18. The van der Waals surface area contributed by atoms with Crippen molar-refractivity contribution in [3.63, 3.8) is 0 Å². The Morgan fingerprint density at radius 2 is 2.12 bits per heavy atom. The second kappa shape index (κ2) is 5.89. The van der Waals surface area contributed by atoms with E-state index in [2.05, 4.69) is 4.90 Å². The molecular weight excluding hydrogens is 216 g/mol. The first kappa shape index (κ1) is 12.2. The third-order valence-corrected chi connectivity index (χ3v) is 3.18. The second-order valence-electron chi connectivity index (χ2n) is 4.56. The van der Waals surface area contributed by atoms with Crippen molar-refractivity contribution in [2.45, 2.75) is 6.42 Å². The fourth-order valence-corrected chi connectivity index (χ4v) is 2.12. The molecule has 1 aromatic rings. The van der Waals surface area contributed by atoms with Gasteiger partial charge < -0.3 is 15.6 Å². The average Bonchev–Trinajstić information content (AvgIpc) is 2.80. The number of nitrogen functional groups attached to an aromatic ring is 1. The van der Waals surface area contributed by atoms with E-state index in [9.17, 15) is 0 Å². The van der Waals surface area contributed by atoms with Crippen molar-refractivity contribution in [3.05, 3.63) is 24.3 Å². The summed E-state index contributed by atoms with van der Waals surface area (Å²) in [6, 6.07) is 7.45. The van der Waals surface area contributed by atoms with E-state index in [4.69, 9.17) is 15.6 Å². The highest BCUT2D eigenvalue weighted by Gasteiger charge is 2.20. The molecule has 1 aliphatic rings. The van der Waals surface area contributed by atoms with Crippen LogP contribution in [0.4, 0.5) is 5.69 Å². The monoisotopic (exact) mass is 236 g/mol. The smallest absolute Gasteiger partial charge is 0.119 e. The molecule has 0 spiro atoms. The predicted molar refractivity (Wildman–Crippen MR) is 68.0 cm³/mol. The number of hydrogen-bond acceptors (Lipinski definition) is 4. The zero-order chi connectivity index (χ0) is 12.1. The molecule has 0 radical (unpaired) electrons. The molecule has 0 aliphatic carbocycles. The molecule has 1 fully saturated rings. The van der Waals surface area contributed by atoms with Gasteiger partial charge in [-0.2, -0.15) is 0 Å². The summed E-state index contributed by atoms with van der Waals surface area (Å²) in [6.45, 7) is 3.95. The lowest BCUT2D eigenvalue weighted by molar-refractivity contribution is 0.204. The maximum absolute atomic E-state index is 9.04. The van der Waals surface area contributed by atoms with E-state index in [-0.39, 0.29) is 0 Å². The normalized spacial score (nSPS) is 20.6. The summed E-state index contributed by atoms with van der Waals surface area (Å²) in [5.74, 6) is 1.31. The van der Waals surface area contributed by atoms with Gasteiger partial charge in [0.1, 0.15) is 12.4 Å². The molecule has 0 amide bonds. The van der Waals surface area contributed by atoms with Crippen LogP contribution in [0.3, 0.4) is 0 Å². The highest BCUT2D eigenvalue weighted by atomic mass is 16.5. The van der Waals surface area contributed by atoms with Crippen LogP contribution in [0.15, 0.2) is 24.3 Å². The lowest BCUT2D eigenvalue weighted by Gasteiger charge is -2.15. The molecule has 1 saturated heterocycles. The number of benzene rings is 1. The largest absolute Gasteiger partial charge is 0.492 e. The molecule has 1 atom stereocenters. The minimum absolute atomic E-state index is 0.301. The van der Waals surface area contributed by atoms with Crippen LogP contribution < -0.4 is 10.5 Å². The van der Waals surface area contributed by atoms with Gasteiger partial charge in [0, 0.05) is 25.4 Å². The average molecular weight is 236 g/mol. The van der Waals surface area contributed by atoms with Crippen LogP contribution in [0.25, 0.3) is 0 Å². The number of anilines is 1. The summed E-state index contributed by atoms with van der Waals surface area (Å²) in [5.41, 5.74) is 6.35. The minimum atomic E-state index is 0.301. The first-order chi connectivity index (χ1) is 8.28. The predicted octanol–water partition coefficient (Wildman–Crippen LogP) is 0.962. The third kappa shape index (κ3) is 3.61. The number of likely N-dealkylation sites (tertiary alicyclic amines) is 1. The standard InChI is InChI=1S/C13H20N2O2/c14-12-1-3-13(4-2-12)17-8-7-15-6-5-11(9-15)10-16/h1-4,11,16H,5-10,14H2. The lowest BCUT2D eigenvalue weighted by Crippen LogP contribution is -2.26. The number of hydrogen-bond donors (Lipinski definition) is 2. The van der Waals surface area contributed by atoms with Gasteiger partial charge in [0.05, 0.1) is 0 Å². The van der Waals surface area contributed by atoms with E-state index < -0.39 is 0 Å². The molecule has 0 bridgehead atoms. The summed E-state index contributed by atoms with van der Waals surface area (Å²) in [4.78, 5) is 2.33. The molecule has 2 rings (SSSR count). The molecule has 1 aliphatic heterocycles. The molecule has 0 aromatic heterocycles. The zero-order valence-corrected chi connectivity index (χ0v) is 10.0. The summed E-state index contributed by atoms with van der Waals surface area (Å²) >= 11 is 0. The van der Waals surface area contributed by atoms with Crippen molar-refractivity contribution in [2.75, 3.05) is 38.6 Å². The molecule has 1 unspecified atom stereocenters. The Bertz CT molecular complexity index is 340. The maximum atomic E-state index is 9.04. The van der Waals surface area contributed by atoms with Crippen molar-refractivity contribution >= 4 is 5.69 Å². The molecule has 94 valence electrons. The van der Waals surface area contributed by atoms with E-state index >= 15 is 0 Å². The maximum Gasteiger partial charge on any atom is 0.119 e. The Kier molecular flexibility index (Phi) is 4.23. The second-order valence-corrected chi connectivity index (χ2v) is 4.56. The first-order valence-electron chi connectivity index (χ1n) is 6.09. The van der Waals surface area contributed by atoms with Crippen LogP contribution in [-0.4, -0.2) is 42.9 Å². The van der Waals surface area contributed by atoms with E-state index in [1.54, 1.807) is 0 Å².